The van der Waals surface area contributed by atoms with Gasteiger partial charge in [-0.1, -0.05) is 29.3 Å². The minimum absolute atomic E-state index is 0.114. The van der Waals surface area contributed by atoms with E-state index in [9.17, 15) is 9.59 Å². The van der Waals surface area contributed by atoms with Crippen molar-refractivity contribution < 1.29 is 23.8 Å². The van der Waals surface area contributed by atoms with Crippen LogP contribution in [0.3, 0.4) is 0 Å². The first-order valence-corrected chi connectivity index (χ1v) is 13.7. The number of carbonyl (C=O) groups excluding carboxylic acids is 2. The number of halogens is 2. The molecule has 3 rings (SSSR count). The fourth-order valence-electron chi connectivity index (χ4n) is 3.88. The van der Waals surface area contributed by atoms with E-state index in [2.05, 4.69) is 0 Å². The van der Waals surface area contributed by atoms with Gasteiger partial charge in [-0.3, -0.25) is 9.59 Å². The van der Waals surface area contributed by atoms with Crippen LogP contribution in [0, 0.1) is 6.92 Å². The topological polar surface area (TPSA) is 68.3 Å². The maximum absolute atomic E-state index is 13.7. The number of hydrogen-bond acceptors (Lipinski definition) is 6. The summed E-state index contributed by atoms with van der Waals surface area (Å²) >= 11 is 13.9. The summed E-state index contributed by atoms with van der Waals surface area (Å²) in [6.07, 6.45) is 0.603. The van der Waals surface area contributed by atoms with Crippen LogP contribution in [0.25, 0.3) is 0 Å². The van der Waals surface area contributed by atoms with Crippen molar-refractivity contribution in [3.05, 3.63) is 79.5 Å². The molecule has 0 atom stereocenters. The van der Waals surface area contributed by atoms with Gasteiger partial charge >= 0.3 is 0 Å². The summed E-state index contributed by atoms with van der Waals surface area (Å²) in [5.41, 5.74) is 2.41. The van der Waals surface area contributed by atoms with Gasteiger partial charge in [-0.2, -0.15) is 0 Å². The molecule has 38 heavy (non-hydrogen) atoms. The molecule has 0 N–H and O–H groups in total. The van der Waals surface area contributed by atoms with E-state index in [1.807, 2.05) is 36.6 Å². The molecule has 3 aromatic rings. The Hall–Kier alpha value is -2.78. The molecule has 1 aromatic heterocycles. The first-order chi connectivity index (χ1) is 18.3. The molecule has 0 aliphatic rings. The van der Waals surface area contributed by atoms with Crippen LogP contribution in [-0.2, 0) is 22.5 Å². The van der Waals surface area contributed by atoms with Crippen molar-refractivity contribution in [3.8, 4) is 11.5 Å². The van der Waals surface area contributed by atoms with Gasteiger partial charge in [0.05, 0.1) is 38.0 Å². The number of benzene rings is 2. The molecule has 0 aliphatic carbocycles. The van der Waals surface area contributed by atoms with Crippen LogP contribution in [0.1, 0.15) is 26.4 Å². The second kappa shape index (κ2) is 14.4. The molecule has 0 saturated carbocycles. The Balaban J connectivity index is 1.82. The smallest absolute Gasteiger partial charge is 0.255 e. The molecule has 204 valence electrons. The van der Waals surface area contributed by atoms with Crippen LogP contribution in [0.15, 0.2) is 47.8 Å². The van der Waals surface area contributed by atoms with Crippen LogP contribution < -0.4 is 9.47 Å². The zero-order valence-corrected chi connectivity index (χ0v) is 24.3. The average molecular weight is 580 g/mol. The SMILES string of the molecule is COCCN(CC(=O)N(CCc1ccc(OC)c(OC)c1)Cc1sccc1C)C(=O)c1ccc(Cl)cc1Cl. The third kappa shape index (κ3) is 7.86. The first kappa shape index (κ1) is 29.8. The zero-order chi connectivity index (χ0) is 27.7. The van der Waals surface area contributed by atoms with E-state index in [1.165, 1.54) is 11.0 Å². The number of aryl methyl sites for hydroxylation is 1. The number of thiophene rings is 1. The highest BCUT2D eigenvalue weighted by atomic mass is 35.5. The Morgan fingerprint density at radius 1 is 0.921 bits per heavy atom. The highest BCUT2D eigenvalue weighted by Gasteiger charge is 2.24. The summed E-state index contributed by atoms with van der Waals surface area (Å²) in [6, 6.07) is 12.4. The molecule has 2 amide bonds. The molecule has 0 radical (unpaired) electrons. The van der Waals surface area contributed by atoms with E-state index in [0.717, 1.165) is 16.0 Å². The second-order valence-electron chi connectivity index (χ2n) is 8.63. The summed E-state index contributed by atoms with van der Waals surface area (Å²) in [6.45, 7) is 3.34. The van der Waals surface area contributed by atoms with Gasteiger partial charge in [0.1, 0.15) is 6.54 Å². The van der Waals surface area contributed by atoms with Gasteiger partial charge in [0.15, 0.2) is 11.5 Å². The van der Waals surface area contributed by atoms with Crippen LogP contribution in [0.5, 0.6) is 11.5 Å². The lowest BCUT2D eigenvalue weighted by atomic mass is 10.1. The monoisotopic (exact) mass is 578 g/mol. The Bertz CT molecular complexity index is 1250. The Morgan fingerprint density at radius 2 is 1.68 bits per heavy atom. The van der Waals surface area contributed by atoms with E-state index in [-0.39, 0.29) is 42.1 Å². The highest BCUT2D eigenvalue weighted by Crippen LogP contribution is 2.28. The van der Waals surface area contributed by atoms with E-state index >= 15 is 0 Å². The van der Waals surface area contributed by atoms with Crippen molar-refractivity contribution >= 4 is 46.4 Å². The largest absolute Gasteiger partial charge is 0.493 e. The number of nitrogens with zero attached hydrogens (tertiary/aromatic N) is 2. The maximum atomic E-state index is 13.7. The summed E-state index contributed by atoms with van der Waals surface area (Å²) < 4.78 is 16.0. The summed E-state index contributed by atoms with van der Waals surface area (Å²) in [5, 5.41) is 2.68. The predicted octanol–water partition coefficient (Wildman–Crippen LogP) is 5.74. The minimum Gasteiger partial charge on any atom is -0.493 e. The Kier molecular flexibility index (Phi) is 11.3. The van der Waals surface area contributed by atoms with E-state index in [1.54, 1.807) is 49.7 Å². The van der Waals surface area contributed by atoms with Crippen LogP contribution in [0.2, 0.25) is 10.0 Å². The standard InChI is InChI=1S/C28H32Cl2N2O5S/c1-19-10-14-38-26(19)17-31(11-9-20-5-8-24(36-3)25(15-20)37-4)27(33)18-32(12-13-35-2)28(34)22-7-6-21(29)16-23(22)30/h5-8,10,14-16H,9,11-13,17-18H2,1-4H3. The lowest BCUT2D eigenvalue weighted by Crippen LogP contribution is -2.44. The van der Waals surface area contributed by atoms with Gasteiger partial charge in [0.25, 0.3) is 5.91 Å². The number of ether oxygens (including phenoxy) is 3. The quantitative estimate of drug-likeness (QED) is 0.258. The van der Waals surface area contributed by atoms with Gasteiger partial charge in [0, 0.05) is 30.1 Å². The van der Waals surface area contributed by atoms with Gasteiger partial charge in [-0.15, -0.1) is 11.3 Å². The normalized spacial score (nSPS) is 10.8. The molecule has 7 nitrogen and oxygen atoms in total. The molecular formula is C28H32Cl2N2O5S. The zero-order valence-electron chi connectivity index (χ0n) is 22.0. The number of amides is 2. The molecule has 0 fully saturated rings. The summed E-state index contributed by atoms with van der Waals surface area (Å²) in [4.78, 5) is 31.4. The highest BCUT2D eigenvalue weighted by molar-refractivity contribution is 7.10. The Labute approximate surface area is 237 Å². The van der Waals surface area contributed by atoms with Gasteiger partial charge in [0.2, 0.25) is 5.91 Å². The molecule has 2 aromatic carbocycles. The number of carbonyl (C=O) groups is 2. The Morgan fingerprint density at radius 3 is 2.32 bits per heavy atom. The van der Waals surface area contributed by atoms with Crippen LogP contribution in [0.4, 0.5) is 0 Å². The second-order valence-corrected chi connectivity index (χ2v) is 10.5. The predicted molar refractivity (Wildman–Crippen MR) is 152 cm³/mol. The number of hydrogen-bond donors (Lipinski definition) is 0. The van der Waals surface area contributed by atoms with E-state index < -0.39 is 0 Å². The van der Waals surface area contributed by atoms with Crippen molar-refractivity contribution in [2.75, 3.05) is 47.6 Å². The molecule has 0 unspecified atom stereocenters. The molecular weight excluding hydrogens is 547 g/mol. The lowest BCUT2D eigenvalue weighted by molar-refractivity contribution is -0.132. The average Bonchev–Trinajstić information content (AvgIpc) is 3.32. The number of rotatable bonds is 13. The molecule has 0 aliphatic heterocycles. The third-order valence-corrected chi connectivity index (χ3v) is 7.67. The molecule has 10 heteroatoms. The van der Waals surface area contributed by atoms with Crippen molar-refractivity contribution in [1.29, 1.82) is 0 Å². The van der Waals surface area contributed by atoms with Crippen LogP contribution >= 0.6 is 34.5 Å². The molecule has 0 saturated heterocycles. The summed E-state index contributed by atoms with van der Waals surface area (Å²) in [7, 11) is 4.74. The molecule has 0 bridgehead atoms. The molecule has 0 spiro atoms. The van der Waals surface area contributed by atoms with Crippen LogP contribution in [-0.4, -0.2) is 69.2 Å². The molecule has 1 heterocycles. The third-order valence-electron chi connectivity index (χ3n) is 6.11. The van der Waals surface area contributed by atoms with Crippen molar-refractivity contribution in [2.24, 2.45) is 0 Å². The summed E-state index contributed by atoms with van der Waals surface area (Å²) in [5.74, 6) is 0.747. The van der Waals surface area contributed by atoms with E-state index in [0.29, 0.717) is 36.0 Å². The first-order valence-electron chi connectivity index (χ1n) is 12.0. The maximum Gasteiger partial charge on any atom is 0.255 e. The van der Waals surface area contributed by atoms with Gasteiger partial charge < -0.3 is 24.0 Å². The van der Waals surface area contributed by atoms with Crippen molar-refractivity contribution in [3.63, 3.8) is 0 Å². The van der Waals surface area contributed by atoms with Gasteiger partial charge in [-0.25, -0.2) is 0 Å². The van der Waals surface area contributed by atoms with Gasteiger partial charge in [-0.05, 0) is 66.2 Å². The van der Waals surface area contributed by atoms with E-state index in [4.69, 9.17) is 37.4 Å². The van der Waals surface area contributed by atoms with Crippen molar-refractivity contribution in [1.82, 2.24) is 9.80 Å². The lowest BCUT2D eigenvalue weighted by Gasteiger charge is -2.28. The fraction of sp³-hybridized carbons (Fsp3) is 0.357. The number of methoxy groups -OCH3 is 3. The minimum atomic E-state index is -0.357. The van der Waals surface area contributed by atoms with Crippen molar-refractivity contribution in [2.45, 2.75) is 19.9 Å². The fourth-order valence-corrected chi connectivity index (χ4v) is 5.29.